The number of anilines is 4. The zero-order valence-electron chi connectivity index (χ0n) is 19.4. The van der Waals surface area contributed by atoms with Crippen LogP contribution in [0.5, 0.6) is 5.75 Å². The van der Waals surface area contributed by atoms with E-state index in [9.17, 15) is 9.59 Å². The molecule has 2 fully saturated rings. The number of pyridine rings is 2. The monoisotopic (exact) mass is 471 g/mol. The minimum absolute atomic E-state index is 0.0796. The van der Waals surface area contributed by atoms with Gasteiger partial charge in [-0.25, -0.2) is 4.98 Å². The second-order valence-corrected chi connectivity index (χ2v) is 8.90. The molecule has 0 aliphatic carbocycles. The largest absolute Gasteiger partial charge is 0.485 e. The maximum absolute atomic E-state index is 12.2. The highest BCUT2D eigenvalue weighted by molar-refractivity contribution is 5.96. The van der Waals surface area contributed by atoms with Crippen LogP contribution in [0.25, 0.3) is 11.1 Å². The molecule has 2 aromatic heterocycles. The Labute approximate surface area is 202 Å². The smallest absolute Gasteiger partial charge is 0.253 e. The van der Waals surface area contributed by atoms with Crippen LogP contribution in [0, 0.1) is 0 Å². The minimum Gasteiger partial charge on any atom is -0.485 e. The Morgan fingerprint density at radius 1 is 0.971 bits per heavy atom. The van der Waals surface area contributed by atoms with Crippen molar-refractivity contribution in [2.24, 2.45) is 0 Å². The van der Waals surface area contributed by atoms with Crippen molar-refractivity contribution in [2.45, 2.75) is 25.9 Å². The second-order valence-electron chi connectivity index (χ2n) is 8.90. The molecule has 2 saturated heterocycles. The van der Waals surface area contributed by atoms with E-state index >= 15 is 0 Å². The summed E-state index contributed by atoms with van der Waals surface area (Å²) in [7, 11) is 0. The van der Waals surface area contributed by atoms with Crippen LogP contribution >= 0.6 is 0 Å². The molecular weight excluding hydrogens is 446 g/mol. The summed E-state index contributed by atoms with van der Waals surface area (Å²) >= 11 is 0. The van der Waals surface area contributed by atoms with Crippen LogP contribution in [0.3, 0.4) is 0 Å². The Hall–Kier alpha value is -3.98. The van der Waals surface area contributed by atoms with E-state index in [1.54, 1.807) is 17.3 Å². The quantitative estimate of drug-likeness (QED) is 0.618. The van der Waals surface area contributed by atoms with E-state index in [0.717, 1.165) is 52.5 Å². The normalized spacial score (nSPS) is 19.3. The number of nitrogens with zero attached hydrogens (tertiary/aromatic N) is 4. The van der Waals surface area contributed by atoms with Crippen LogP contribution in [0.4, 0.5) is 22.9 Å². The van der Waals surface area contributed by atoms with E-state index < -0.39 is 0 Å². The van der Waals surface area contributed by atoms with Crippen molar-refractivity contribution in [1.82, 2.24) is 9.97 Å². The molecule has 0 radical (unpaired) electrons. The molecule has 35 heavy (non-hydrogen) atoms. The molecule has 178 valence electrons. The summed E-state index contributed by atoms with van der Waals surface area (Å²) in [6.45, 7) is 3.84. The van der Waals surface area contributed by atoms with Gasteiger partial charge in [-0.2, -0.15) is 0 Å². The first-order valence-electron chi connectivity index (χ1n) is 11.8. The van der Waals surface area contributed by atoms with Gasteiger partial charge in [0.2, 0.25) is 5.91 Å². The van der Waals surface area contributed by atoms with Crippen LogP contribution in [-0.4, -0.2) is 48.1 Å². The summed E-state index contributed by atoms with van der Waals surface area (Å²) in [6, 6.07) is 9.79. The zero-order chi connectivity index (χ0) is 23.9. The molecule has 1 N–H and O–H groups in total. The van der Waals surface area contributed by atoms with Gasteiger partial charge in [-0.1, -0.05) is 0 Å². The molecule has 1 atom stereocenters. The average Bonchev–Trinajstić information content (AvgIpc) is 3.30. The van der Waals surface area contributed by atoms with E-state index in [4.69, 9.17) is 9.47 Å². The van der Waals surface area contributed by atoms with Gasteiger partial charge in [0.05, 0.1) is 30.4 Å². The predicted molar refractivity (Wildman–Crippen MR) is 131 cm³/mol. The van der Waals surface area contributed by atoms with Crippen LogP contribution in [0.1, 0.15) is 31.4 Å². The summed E-state index contributed by atoms with van der Waals surface area (Å²) in [5.74, 6) is 1.50. The van der Waals surface area contributed by atoms with Crippen molar-refractivity contribution in [1.29, 1.82) is 0 Å². The van der Waals surface area contributed by atoms with Crippen LogP contribution in [0.2, 0.25) is 0 Å². The van der Waals surface area contributed by atoms with Crippen molar-refractivity contribution in [3.05, 3.63) is 54.5 Å². The van der Waals surface area contributed by atoms with Gasteiger partial charge >= 0.3 is 0 Å². The van der Waals surface area contributed by atoms with Crippen molar-refractivity contribution in [3.63, 3.8) is 0 Å². The molecule has 1 unspecified atom stereocenters. The summed E-state index contributed by atoms with van der Waals surface area (Å²) in [5, 5.41) is 3.30. The lowest BCUT2D eigenvalue weighted by molar-refractivity contribution is -0.125. The lowest BCUT2D eigenvalue weighted by Crippen LogP contribution is -2.41. The lowest BCUT2D eigenvalue weighted by Gasteiger charge is -2.28. The molecular formula is C26H25N5O4. The van der Waals surface area contributed by atoms with E-state index in [1.807, 2.05) is 48.4 Å². The number of hydrogen-bond acceptors (Lipinski definition) is 7. The average molecular weight is 472 g/mol. The summed E-state index contributed by atoms with van der Waals surface area (Å²) in [5.41, 5.74) is 5.32. The van der Waals surface area contributed by atoms with Gasteiger partial charge in [0.25, 0.3) is 5.91 Å². The Morgan fingerprint density at radius 3 is 2.69 bits per heavy atom. The van der Waals surface area contributed by atoms with Crippen LogP contribution in [-0.2, 0) is 14.3 Å². The first-order chi connectivity index (χ1) is 17.1. The fourth-order valence-corrected chi connectivity index (χ4v) is 4.86. The van der Waals surface area contributed by atoms with Gasteiger partial charge in [0, 0.05) is 54.2 Å². The first kappa shape index (κ1) is 21.5. The number of amides is 2. The number of carbonyl (C=O) groups is 2. The molecule has 1 aromatic carbocycles. The van der Waals surface area contributed by atoms with Crippen LogP contribution < -0.4 is 19.9 Å². The maximum atomic E-state index is 12.2. The summed E-state index contributed by atoms with van der Waals surface area (Å²) < 4.78 is 11.5. The molecule has 3 aromatic rings. The highest BCUT2D eigenvalue weighted by atomic mass is 16.5. The zero-order valence-corrected chi connectivity index (χ0v) is 19.4. The number of benzene rings is 1. The molecule has 5 heterocycles. The number of rotatable bonds is 4. The van der Waals surface area contributed by atoms with Crippen molar-refractivity contribution >= 4 is 34.7 Å². The number of morpholine rings is 1. The number of carbonyl (C=O) groups excluding carboxylic acids is 2. The fraction of sp³-hybridized carbons (Fsp3) is 0.308. The topological polar surface area (TPSA) is 96.9 Å². The third-order valence-electron chi connectivity index (χ3n) is 6.61. The number of ether oxygens (including phenoxy) is 2. The molecule has 9 nitrogen and oxygen atoms in total. The first-order valence-corrected chi connectivity index (χ1v) is 11.8. The minimum atomic E-state index is -0.180. The number of hydrogen-bond donors (Lipinski definition) is 1. The van der Waals surface area contributed by atoms with Gasteiger partial charge in [-0.05, 0) is 37.6 Å². The van der Waals surface area contributed by atoms with Gasteiger partial charge in [-0.3, -0.25) is 14.6 Å². The van der Waals surface area contributed by atoms with Gasteiger partial charge in [0.1, 0.15) is 24.3 Å². The van der Waals surface area contributed by atoms with Crippen molar-refractivity contribution in [2.75, 3.05) is 41.4 Å². The third kappa shape index (κ3) is 3.97. The lowest BCUT2D eigenvalue weighted by atomic mass is 9.94. The standard InChI is InChI=1S/C26H25N5O4/c1-16-21-11-24(29-17-9-19(13-27-12-17)31-7-8-34-15-26(31)33)28-14-22(21)20-5-4-18(10-23(20)35-16)30-6-2-3-25(30)32/h4-5,9-14,16H,2-3,6-8,15H2,1H3,(H,28,29). The summed E-state index contributed by atoms with van der Waals surface area (Å²) in [4.78, 5) is 36.8. The molecule has 9 heteroatoms. The van der Waals surface area contributed by atoms with E-state index in [1.165, 1.54) is 0 Å². The Balaban J connectivity index is 1.26. The fourth-order valence-electron chi connectivity index (χ4n) is 4.86. The third-order valence-corrected chi connectivity index (χ3v) is 6.61. The molecule has 0 saturated carbocycles. The molecule has 0 spiro atoms. The highest BCUT2D eigenvalue weighted by Crippen LogP contribution is 2.44. The Morgan fingerprint density at radius 2 is 1.86 bits per heavy atom. The number of nitrogens with one attached hydrogen (secondary N) is 1. The van der Waals surface area contributed by atoms with Gasteiger partial charge in [-0.15, -0.1) is 0 Å². The molecule has 3 aliphatic heterocycles. The molecule has 0 bridgehead atoms. The van der Waals surface area contributed by atoms with E-state index in [0.29, 0.717) is 25.4 Å². The van der Waals surface area contributed by atoms with Crippen molar-refractivity contribution < 1.29 is 19.1 Å². The number of fused-ring (bicyclic) bond motifs is 3. The predicted octanol–water partition coefficient (Wildman–Crippen LogP) is 3.83. The number of aromatic nitrogens is 2. The second kappa shape index (κ2) is 8.66. The van der Waals surface area contributed by atoms with Crippen molar-refractivity contribution in [3.8, 4) is 16.9 Å². The summed E-state index contributed by atoms with van der Waals surface area (Å²) in [6.07, 6.45) is 6.52. The van der Waals surface area contributed by atoms with Crippen LogP contribution in [0.15, 0.2) is 48.9 Å². The maximum Gasteiger partial charge on any atom is 0.253 e. The van der Waals surface area contributed by atoms with Gasteiger partial charge < -0.3 is 24.6 Å². The molecule has 2 amide bonds. The molecule has 3 aliphatic rings. The Bertz CT molecular complexity index is 1330. The molecule has 6 rings (SSSR count). The van der Waals surface area contributed by atoms with Gasteiger partial charge in [0.15, 0.2) is 0 Å². The SMILES string of the molecule is CC1Oc2cc(N3CCCC3=O)ccc2-c2cnc(Nc3cncc(N4CCOCC4=O)c3)cc21. The Kier molecular flexibility index (Phi) is 5.33. The highest BCUT2D eigenvalue weighted by Gasteiger charge is 2.27. The van der Waals surface area contributed by atoms with E-state index in [2.05, 4.69) is 15.3 Å². The van der Waals surface area contributed by atoms with E-state index in [-0.39, 0.29) is 24.5 Å².